The van der Waals surface area contributed by atoms with Gasteiger partial charge < -0.3 is 15.2 Å². The minimum Gasteiger partial charge on any atom is -0.389 e. The van der Waals surface area contributed by atoms with E-state index < -0.39 is 6.10 Å². The van der Waals surface area contributed by atoms with E-state index in [9.17, 15) is 5.11 Å². The first-order valence-corrected chi connectivity index (χ1v) is 8.26. The van der Waals surface area contributed by atoms with Crippen LogP contribution in [0.3, 0.4) is 0 Å². The Morgan fingerprint density at radius 1 is 1.14 bits per heavy atom. The largest absolute Gasteiger partial charge is 0.389 e. The quantitative estimate of drug-likeness (QED) is 0.621. The van der Waals surface area contributed by atoms with Gasteiger partial charge in [0.05, 0.1) is 12.7 Å². The van der Waals surface area contributed by atoms with E-state index in [0.29, 0.717) is 19.1 Å². The SMILES string of the molecule is CCCCC(CC)COCC(O)CNCc1ccccc1. The third-order valence-electron chi connectivity index (χ3n) is 3.76. The van der Waals surface area contributed by atoms with Crippen LogP contribution in [0.1, 0.15) is 45.1 Å². The molecular formula is C18H31NO2. The zero-order valence-corrected chi connectivity index (χ0v) is 13.6. The van der Waals surface area contributed by atoms with Crippen molar-refractivity contribution in [3.8, 4) is 0 Å². The molecule has 0 saturated carbocycles. The molecule has 2 unspecified atom stereocenters. The number of benzene rings is 1. The molecular weight excluding hydrogens is 262 g/mol. The molecule has 120 valence electrons. The molecule has 21 heavy (non-hydrogen) atoms. The highest BCUT2D eigenvalue weighted by atomic mass is 16.5. The first kappa shape index (κ1) is 18.1. The maximum absolute atomic E-state index is 9.90. The molecule has 0 spiro atoms. The second-order valence-electron chi connectivity index (χ2n) is 5.72. The first-order valence-electron chi connectivity index (χ1n) is 8.26. The summed E-state index contributed by atoms with van der Waals surface area (Å²) in [6, 6.07) is 10.2. The lowest BCUT2D eigenvalue weighted by Gasteiger charge is -2.17. The lowest BCUT2D eigenvalue weighted by Crippen LogP contribution is -2.30. The van der Waals surface area contributed by atoms with Crippen LogP contribution in [0.4, 0.5) is 0 Å². The summed E-state index contributed by atoms with van der Waals surface area (Å²) in [6.07, 6.45) is 4.46. The van der Waals surface area contributed by atoms with E-state index >= 15 is 0 Å². The Balaban J connectivity index is 2.06. The molecule has 0 heterocycles. The summed E-state index contributed by atoms with van der Waals surface area (Å²) in [5.74, 6) is 0.634. The summed E-state index contributed by atoms with van der Waals surface area (Å²) in [5, 5.41) is 13.2. The zero-order chi connectivity index (χ0) is 15.3. The summed E-state index contributed by atoms with van der Waals surface area (Å²) in [7, 11) is 0. The molecule has 0 aromatic heterocycles. The van der Waals surface area contributed by atoms with Crippen molar-refractivity contribution in [3.63, 3.8) is 0 Å². The van der Waals surface area contributed by atoms with Gasteiger partial charge in [-0.2, -0.15) is 0 Å². The van der Waals surface area contributed by atoms with Gasteiger partial charge in [-0.25, -0.2) is 0 Å². The van der Waals surface area contributed by atoms with Gasteiger partial charge in [-0.1, -0.05) is 63.4 Å². The van der Waals surface area contributed by atoms with E-state index in [0.717, 1.165) is 19.6 Å². The van der Waals surface area contributed by atoms with Gasteiger partial charge in [0.15, 0.2) is 0 Å². The molecule has 0 aliphatic carbocycles. The molecule has 3 heteroatoms. The Labute approximate surface area is 129 Å². The molecule has 0 fully saturated rings. The fraction of sp³-hybridized carbons (Fsp3) is 0.667. The van der Waals surface area contributed by atoms with Crippen LogP contribution in [0.5, 0.6) is 0 Å². The van der Waals surface area contributed by atoms with E-state index in [4.69, 9.17) is 4.74 Å². The van der Waals surface area contributed by atoms with E-state index in [1.165, 1.54) is 24.8 Å². The highest BCUT2D eigenvalue weighted by Gasteiger charge is 2.08. The smallest absolute Gasteiger partial charge is 0.0897 e. The van der Waals surface area contributed by atoms with Crippen molar-refractivity contribution in [1.82, 2.24) is 5.32 Å². The van der Waals surface area contributed by atoms with Crippen molar-refractivity contribution < 1.29 is 9.84 Å². The second-order valence-corrected chi connectivity index (χ2v) is 5.72. The Morgan fingerprint density at radius 2 is 1.90 bits per heavy atom. The first-order chi connectivity index (χ1) is 10.3. The molecule has 2 N–H and O–H groups in total. The molecule has 0 aliphatic rings. The predicted molar refractivity (Wildman–Crippen MR) is 88.3 cm³/mol. The molecule has 1 aromatic carbocycles. The molecule has 0 saturated heterocycles. The van der Waals surface area contributed by atoms with Crippen molar-refractivity contribution >= 4 is 0 Å². The number of aliphatic hydroxyl groups is 1. The van der Waals surface area contributed by atoms with Crippen molar-refractivity contribution in [2.45, 2.75) is 52.2 Å². The molecule has 2 atom stereocenters. The molecule has 3 nitrogen and oxygen atoms in total. The lowest BCUT2D eigenvalue weighted by atomic mass is 10.0. The van der Waals surface area contributed by atoms with Crippen LogP contribution in [-0.4, -0.2) is 31.0 Å². The molecule has 1 rings (SSSR count). The summed E-state index contributed by atoms with van der Waals surface area (Å²) < 4.78 is 5.66. The van der Waals surface area contributed by atoms with E-state index in [1.807, 2.05) is 18.2 Å². The standard InChI is InChI=1S/C18H31NO2/c1-3-5-9-16(4-2)14-21-15-18(20)13-19-12-17-10-7-6-8-11-17/h6-8,10-11,16,18-20H,3-5,9,12-15H2,1-2H3. The highest BCUT2D eigenvalue weighted by molar-refractivity contribution is 5.14. The summed E-state index contributed by atoms with van der Waals surface area (Å²) in [5.41, 5.74) is 1.23. The molecule has 0 bridgehead atoms. The van der Waals surface area contributed by atoms with E-state index in [2.05, 4.69) is 31.3 Å². The van der Waals surface area contributed by atoms with Gasteiger partial charge >= 0.3 is 0 Å². The second kappa shape index (κ2) is 11.7. The normalized spacial score (nSPS) is 14.0. The average Bonchev–Trinajstić information content (AvgIpc) is 2.51. The van der Waals surface area contributed by atoms with Gasteiger partial charge in [-0.3, -0.25) is 0 Å². The summed E-state index contributed by atoms with van der Waals surface area (Å²) in [4.78, 5) is 0. The number of rotatable bonds is 12. The van der Waals surface area contributed by atoms with Crippen LogP contribution >= 0.6 is 0 Å². The average molecular weight is 293 g/mol. The fourth-order valence-electron chi connectivity index (χ4n) is 2.31. The fourth-order valence-corrected chi connectivity index (χ4v) is 2.31. The van der Waals surface area contributed by atoms with Crippen LogP contribution in [0, 0.1) is 5.92 Å². The zero-order valence-electron chi connectivity index (χ0n) is 13.6. The van der Waals surface area contributed by atoms with Crippen LogP contribution in [0.2, 0.25) is 0 Å². The van der Waals surface area contributed by atoms with Gasteiger partial charge in [0.25, 0.3) is 0 Å². The Hall–Kier alpha value is -0.900. The Morgan fingerprint density at radius 3 is 2.57 bits per heavy atom. The number of unbranched alkanes of at least 4 members (excludes halogenated alkanes) is 1. The van der Waals surface area contributed by atoms with Crippen molar-refractivity contribution in [3.05, 3.63) is 35.9 Å². The van der Waals surface area contributed by atoms with Gasteiger partial charge in [0.2, 0.25) is 0 Å². The van der Waals surface area contributed by atoms with Crippen LogP contribution < -0.4 is 5.32 Å². The van der Waals surface area contributed by atoms with Crippen LogP contribution in [-0.2, 0) is 11.3 Å². The van der Waals surface area contributed by atoms with Crippen LogP contribution in [0.25, 0.3) is 0 Å². The number of nitrogens with one attached hydrogen (secondary N) is 1. The highest BCUT2D eigenvalue weighted by Crippen LogP contribution is 2.12. The monoisotopic (exact) mass is 293 g/mol. The Bertz CT molecular complexity index is 342. The summed E-state index contributed by atoms with van der Waals surface area (Å²) in [6.45, 7) is 6.97. The van der Waals surface area contributed by atoms with Crippen molar-refractivity contribution in [2.75, 3.05) is 19.8 Å². The Kier molecular flexibility index (Phi) is 10.1. The van der Waals surface area contributed by atoms with E-state index in [-0.39, 0.29) is 0 Å². The molecule has 1 aromatic rings. The minimum absolute atomic E-state index is 0.421. The third kappa shape index (κ3) is 8.86. The topological polar surface area (TPSA) is 41.5 Å². The van der Waals surface area contributed by atoms with E-state index in [1.54, 1.807) is 0 Å². The third-order valence-corrected chi connectivity index (χ3v) is 3.76. The van der Waals surface area contributed by atoms with Crippen LogP contribution in [0.15, 0.2) is 30.3 Å². The lowest BCUT2D eigenvalue weighted by molar-refractivity contribution is 0.0192. The van der Waals surface area contributed by atoms with Gasteiger partial charge in [0, 0.05) is 19.7 Å². The minimum atomic E-state index is -0.433. The van der Waals surface area contributed by atoms with Gasteiger partial charge in [-0.05, 0) is 17.9 Å². The molecule has 0 aliphatic heterocycles. The van der Waals surface area contributed by atoms with Gasteiger partial charge in [0.1, 0.15) is 0 Å². The summed E-state index contributed by atoms with van der Waals surface area (Å²) >= 11 is 0. The van der Waals surface area contributed by atoms with Crippen molar-refractivity contribution in [2.24, 2.45) is 5.92 Å². The maximum atomic E-state index is 9.90. The number of aliphatic hydroxyl groups excluding tert-OH is 1. The number of ether oxygens (including phenoxy) is 1. The van der Waals surface area contributed by atoms with Crippen molar-refractivity contribution in [1.29, 1.82) is 0 Å². The number of hydrogen-bond acceptors (Lipinski definition) is 3. The van der Waals surface area contributed by atoms with Gasteiger partial charge in [-0.15, -0.1) is 0 Å². The maximum Gasteiger partial charge on any atom is 0.0897 e. The molecule has 0 amide bonds. The predicted octanol–water partition coefficient (Wildman–Crippen LogP) is 3.37. The molecule has 0 radical (unpaired) electrons. The number of hydrogen-bond donors (Lipinski definition) is 2.